The Kier molecular flexibility index (Phi) is 3.09. The van der Waals surface area contributed by atoms with Gasteiger partial charge < -0.3 is 14.4 Å². The van der Waals surface area contributed by atoms with Crippen molar-refractivity contribution in [2.75, 3.05) is 13.2 Å². The molecule has 2 fully saturated rings. The lowest BCUT2D eigenvalue weighted by Gasteiger charge is -2.46. The van der Waals surface area contributed by atoms with Crippen LogP contribution < -0.4 is 0 Å². The summed E-state index contributed by atoms with van der Waals surface area (Å²) in [5.74, 6) is -0.352. The van der Waals surface area contributed by atoms with Crippen molar-refractivity contribution in [3.63, 3.8) is 0 Å². The van der Waals surface area contributed by atoms with E-state index in [-0.39, 0.29) is 24.5 Å². The maximum absolute atomic E-state index is 12.8. The second-order valence-electron chi connectivity index (χ2n) is 5.63. The molecule has 5 heteroatoms. The number of carbonyl (C=O) groups excluding carboxylic acids is 2. The van der Waals surface area contributed by atoms with Gasteiger partial charge in [0, 0.05) is 6.08 Å². The molecule has 104 valence electrons. The average Bonchev–Trinajstić information content (AvgIpc) is 2.83. The lowest BCUT2D eigenvalue weighted by molar-refractivity contribution is -0.181. The van der Waals surface area contributed by atoms with Crippen LogP contribution in [0, 0.1) is 0 Å². The molecule has 0 aromatic rings. The highest BCUT2D eigenvalue weighted by Crippen LogP contribution is 2.38. The number of carbonyl (C=O) groups is 2. The molecule has 5 nitrogen and oxygen atoms in total. The van der Waals surface area contributed by atoms with Gasteiger partial charge in [-0.25, -0.2) is 4.79 Å². The van der Waals surface area contributed by atoms with Crippen molar-refractivity contribution in [2.45, 2.75) is 50.7 Å². The van der Waals surface area contributed by atoms with Gasteiger partial charge in [-0.1, -0.05) is 19.3 Å². The van der Waals surface area contributed by atoms with Gasteiger partial charge >= 0.3 is 5.97 Å². The van der Waals surface area contributed by atoms with Crippen LogP contribution in [0.5, 0.6) is 0 Å². The number of ether oxygens (including phenoxy) is 2. The van der Waals surface area contributed by atoms with E-state index >= 15 is 0 Å². The first-order chi connectivity index (χ1) is 9.12. The highest BCUT2D eigenvalue weighted by Gasteiger charge is 2.49. The highest BCUT2D eigenvalue weighted by molar-refractivity contribution is 5.91. The van der Waals surface area contributed by atoms with E-state index in [0.29, 0.717) is 12.3 Å². The second-order valence-corrected chi connectivity index (χ2v) is 5.63. The van der Waals surface area contributed by atoms with Crippen LogP contribution in [0.4, 0.5) is 0 Å². The monoisotopic (exact) mass is 265 g/mol. The van der Waals surface area contributed by atoms with Gasteiger partial charge in [-0.15, -0.1) is 0 Å². The summed E-state index contributed by atoms with van der Waals surface area (Å²) in [6, 6.07) is -0.0409. The van der Waals surface area contributed by atoms with Crippen molar-refractivity contribution in [2.24, 2.45) is 0 Å². The van der Waals surface area contributed by atoms with Gasteiger partial charge in [0.1, 0.15) is 12.2 Å². The predicted molar refractivity (Wildman–Crippen MR) is 67.1 cm³/mol. The second kappa shape index (κ2) is 4.63. The van der Waals surface area contributed by atoms with E-state index in [1.807, 2.05) is 6.92 Å². The molecular weight excluding hydrogens is 246 g/mol. The molecule has 1 spiro atoms. The molecule has 0 N–H and O–H groups in total. The van der Waals surface area contributed by atoms with E-state index < -0.39 is 5.60 Å². The summed E-state index contributed by atoms with van der Waals surface area (Å²) in [5, 5.41) is 0. The zero-order chi connectivity index (χ0) is 13.5. The number of hydrogen-bond donors (Lipinski definition) is 0. The van der Waals surface area contributed by atoms with E-state index in [0.717, 1.165) is 32.1 Å². The third-order valence-corrected chi connectivity index (χ3v) is 4.27. The van der Waals surface area contributed by atoms with Crippen LogP contribution in [0.2, 0.25) is 0 Å². The van der Waals surface area contributed by atoms with Crippen LogP contribution in [0.3, 0.4) is 0 Å². The summed E-state index contributed by atoms with van der Waals surface area (Å²) in [7, 11) is 0. The first kappa shape index (κ1) is 12.7. The number of esters is 1. The Morgan fingerprint density at radius 2 is 2.00 bits per heavy atom. The summed E-state index contributed by atoms with van der Waals surface area (Å²) in [6.07, 6.45) is 6.23. The van der Waals surface area contributed by atoms with Crippen LogP contribution in [-0.4, -0.2) is 41.6 Å². The summed E-state index contributed by atoms with van der Waals surface area (Å²) in [4.78, 5) is 25.7. The minimum absolute atomic E-state index is 0.00972. The van der Waals surface area contributed by atoms with Crippen molar-refractivity contribution in [3.8, 4) is 0 Å². The molecule has 1 saturated carbocycles. The Bertz CT molecular complexity index is 437. The van der Waals surface area contributed by atoms with Crippen molar-refractivity contribution < 1.29 is 19.1 Å². The maximum Gasteiger partial charge on any atom is 0.333 e. The number of amides is 1. The van der Waals surface area contributed by atoms with Gasteiger partial charge in [-0.05, 0) is 19.8 Å². The molecule has 1 saturated heterocycles. The van der Waals surface area contributed by atoms with Crippen LogP contribution in [0.25, 0.3) is 0 Å². The zero-order valence-corrected chi connectivity index (χ0v) is 11.2. The van der Waals surface area contributed by atoms with Crippen molar-refractivity contribution in [1.82, 2.24) is 4.90 Å². The fourth-order valence-corrected chi connectivity index (χ4v) is 3.23. The molecule has 19 heavy (non-hydrogen) atoms. The average molecular weight is 265 g/mol. The first-order valence-electron chi connectivity index (χ1n) is 6.97. The molecule has 0 bridgehead atoms. The first-order valence-corrected chi connectivity index (χ1v) is 6.97. The molecule has 1 amide bonds. The number of cyclic esters (lactones) is 1. The van der Waals surface area contributed by atoms with E-state index in [2.05, 4.69) is 0 Å². The van der Waals surface area contributed by atoms with Crippen LogP contribution in [0.1, 0.15) is 39.0 Å². The van der Waals surface area contributed by atoms with Gasteiger partial charge in [-0.3, -0.25) is 4.79 Å². The number of nitrogens with zero attached hydrogens (tertiary/aromatic N) is 1. The largest absolute Gasteiger partial charge is 0.456 e. The minimum atomic E-state index is -0.656. The summed E-state index contributed by atoms with van der Waals surface area (Å²) < 4.78 is 10.8. The Balaban J connectivity index is 1.87. The van der Waals surface area contributed by atoms with Gasteiger partial charge in [0.15, 0.2) is 0 Å². The van der Waals surface area contributed by atoms with Gasteiger partial charge in [0.2, 0.25) is 0 Å². The molecule has 1 atom stereocenters. The summed E-state index contributed by atoms with van der Waals surface area (Å²) in [6.45, 7) is 2.67. The Labute approximate surface area is 112 Å². The molecule has 0 aromatic heterocycles. The number of rotatable bonds is 1. The molecule has 1 unspecified atom stereocenters. The van der Waals surface area contributed by atoms with E-state index in [1.54, 1.807) is 4.90 Å². The van der Waals surface area contributed by atoms with E-state index in [1.165, 1.54) is 6.08 Å². The van der Waals surface area contributed by atoms with Gasteiger partial charge in [-0.2, -0.15) is 0 Å². The molecule has 3 rings (SSSR count). The third kappa shape index (κ3) is 2.06. The van der Waals surface area contributed by atoms with Crippen LogP contribution >= 0.6 is 0 Å². The summed E-state index contributed by atoms with van der Waals surface area (Å²) in [5.41, 5.74) is 0.0211. The molecule has 2 heterocycles. The fraction of sp³-hybridized carbons (Fsp3) is 0.714. The zero-order valence-electron chi connectivity index (χ0n) is 11.2. The van der Waals surface area contributed by atoms with E-state index in [9.17, 15) is 9.59 Å². The molecule has 0 radical (unpaired) electrons. The Morgan fingerprint density at radius 3 is 2.63 bits per heavy atom. The standard InChI is InChI=1S/C14H19NO4/c1-10-8-19-14(5-3-2-4-6-14)13(17)15(10)11-7-12(16)18-9-11/h7,10H,2-6,8-9H2,1H3. The quantitative estimate of drug-likeness (QED) is 0.672. The van der Waals surface area contributed by atoms with Crippen LogP contribution in [-0.2, 0) is 19.1 Å². The molecular formula is C14H19NO4. The van der Waals surface area contributed by atoms with Gasteiger partial charge in [0.05, 0.1) is 18.3 Å². The molecule has 1 aliphatic carbocycles. The predicted octanol–water partition coefficient (Wildman–Crippen LogP) is 1.38. The van der Waals surface area contributed by atoms with Crippen molar-refractivity contribution >= 4 is 11.9 Å². The molecule has 0 aromatic carbocycles. The summed E-state index contributed by atoms with van der Waals surface area (Å²) >= 11 is 0. The van der Waals surface area contributed by atoms with Crippen LogP contribution in [0.15, 0.2) is 11.8 Å². The molecule has 2 aliphatic heterocycles. The van der Waals surface area contributed by atoms with E-state index in [4.69, 9.17) is 9.47 Å². The van der Waals surface area contributed by atoms with Crippen molar-refractivity contribution in [3.05, 3.63) is 11.8 Å². The topological polar surface area (TPSA) is 55.8 Å². The maximum atomic E-state index is 12.8. The fourth-order valence-electron chi connectivity index (χ4n) is 3.23. The molecule has 3 aliphatic rings. The normalized spacial score (nSPS) is 30.5. The SMILES string of the molecule is CC1COC2(CCCCC2)C(=O)N1C1=CC(=O)OC1. The Hall–Kier alpha value is -1.36. The minimum Gasteiger partial charge on any atom is -0.456 e. The third-order valence-electron chi connectivity index (χ3n) is 4.27. The number of morpholine rings is 1. The number of hydrogen-bond acceptors (Lipinski definition) is 4. The smallest absolute Gasteiger partial charge is 0.333 e. The lowest BCUT2D eigenvalue weighted by atomic mass is 9.82. The van der Waals surface area contributed by atoms with Gasteiger partial charge in [0.25, 0.3) is 5.91 Å². The Morgan fingerprint density at radius 1 is 1.26 bits per heavy atom. The lowest BCUT2D eigenvalue weighted by Crippen LogP contribution is -2.60. The highest BCUT2D eigenvalue weighted by atomic mass is 16.5. The van der Waals surface area contributed by atoms with Crippen molar-refractivity contribution in [1.29, 1.82) is 0 Å².